The summed E-state index contributed by atoms with van der Waals surface area (Å²) in [5.74, 6) is 0.00102. The molecule has 0 aliphatic carbocycles. The Bertz CT molecular complexity index is 498. The fourth-order valence-electron chi connectivity index (χ4n) is 2.40. The topological polar surface area (TPSA) is 84.3 Å². The van der Waals surface area contributed by atoms with Gasteiger partial charge in [0.05, 0.1) is 16.9 Å². The summed E-state index contributed by atoms with van der Waals surface area (Å²) in [6, 6.07) is 6.15. The van der Waals surface area contributed by atoms with E-state index in [1.54, 1.807) is 12.1 Å². The quantitative estimate of drug-likeness (QED) is 0.649. The Morgan fingerprint density at radius 1 is 1.55 bits per heavy atom. The number of piperidine rings is 1. The lowest BCUT2D eigenvalue weighted by molar-refractivity contribution is -0.384. The van der Waals surface area contributed by atoms with Crippen molar-refractivity contribution >= 4 is 11.6 Å². The van der Waals surface area contributed by atoms with Gasteiger partial charge < -0.3 is 10.6 Å². The first-order valence-electron chi connectivity index (χ1n) is 6.83. The molecule has 1 aromatic rings. The lowest BCUT2D eigenvalue weighted by atomic mass is 9.98. The van der Waals surface area contributed by atoms with Crippen molar-refractivity contribution < 1.29 is 9.72 Å². The van der Waals surface area contributed by atoms with Crippen LogP contribution in [0.25, 0.3) is 0 Å². The molecule has 1 amide bonds. The second-order valence-electron chi connectivity index (χ2n) is 5.13. The minimum atomic E-state index is -0.427. The molecule has 6 heteroatoms. The summed E-state index contributed by atoms with van der Waals surface area (Å²) in [6.07, 6.45) is 1.89. The van der Waals surface area contributed by atoms with E-state index < -0.39 is 4.92 Å². The number of amides is 1. The molecule has 1 unspecified atom stereocenters. The fourth-order valence-corrected chi connectivity index (χ4v) is 2.40. The molecule has 1 aliphatic heterocycles. The third-order valence-electron chi connectivity index (χ3n) is 3.61. The van der Waals surface area contributed by atoms with Crippen LogP contribution in [0.15, 0.2) is 24.3 Å². The van der Waals surface area contributed by atoms with Crippen LogP contribution in [-0.4, -0.2) is 23.9 Å². The number of carbonyl (C=O) groups is 1. The van der Waals surface area contributed by atoms with Gasteiger partial charge in [-0.25, -0.2) is 0 Å². The largest absolute Gasteiger partial charge is 0.349 e. The molecule has 1 aromatic carbocycles. The number of non-ortho nitro benzene ring substituents is 1. The normalized spacial score (nSPS) is 20.1. The molecule has 2 rings (SSSR count). The van der Waals surface area contributed by atoms with Gasteiger partial charge in [-0.15, -0.1) is 0 Å². The first-order chi connectivity index (χ1) is 9.58. The number of carbonyl (C=O) groups excluding carboxylic acids is 1. The van der Waals surface area contributed by atoms with Crippen molar-refractivity contribution in [2.45, 2.75) is 25.8 Å². The maximum absolute atomic E-state index is 12.1. The molecule has 1 fully saturated rings. The van der Waals surface area contributed by atoms with E-state index in [2.05, 4.69) is 10.6 Å². The molecule has 1 saturated heterocycles. The van der Waals surface area contributed by atoms with Crippen molar-refractivity contribution in [3.8, 4) is 0 Å². The van der Waals surface area contributed by atoms with Gasteiger partial charge in [0, 0.05) is 18.7 Å². The van der Waals surface area contributed by atoms with Crippen molar-refractivity contribution in [3.63, 3.8) is 0 Å². The van der Waals surface area contributed by atoms with Gasteiger partial charge in [0.2, 0.25) is 5.91 Å². The number of nitro benzene ring substituents is 1. The third kappa shape index (κ3) is 3.54. The first kappa shape index (κ1) is 14.5. The fraction of sp³-hybridized carbons (Fsp3) is 0.500. The molecule has 6 nitrogen and oxygen atoms in total. The Labute approximate surface area is 117 Å². The predicted molar refractivity (Wildman–Crippen MR) is 75.2 cm³/mol. The summed E-state index contributed by atoms with van der Waals surface area (Å²) >= 11 is 0. The maximum atomic E-state index is 12.1. The Kier molecular flexibility index (Phi) is 4.68. The molecule has 0 aromatic heterocycles. The van der Waals surface area contributed by atoms with Gasteiger partial charge >= 0.3 is 0 Å². The minimum absolute atomic E-state index is 0.00935. The van der Waals surface area contributed by atoms with Crippen molar-refractivity contribution in [3.05, 3.63) is 39.9 Å². The van der Waals surface area contributed by atoms with E-state index in [1.165, 1.54) is 12.1 Å². The molecule has 1 aliphatic rings. The number of benzene rings is 1. The number of nitrogens with one attached hydrogen (secondary N) is 2. The van der Waals surface area contributed by atoms with E-state index in [4.69, 9.17) is 0 Å². The summed E-state index contributed by atoms with van der Waals surface area (Å²) in [7, 11) is 0. The molecule has 0 radical (unpaired) electrons. The Morgan fingerprint density at radius 2 is 2.35 bits per heavy atom. The predicted octanol–water partition coefficient (Wildman–Crippen LogP) is 1.77. The van der Waals surface area contributed by atoms with E-state index in [9.17, 15) is 14.9 Å². The molecule has 0 bridgehead atoms. The summed E-state index contributed by atoms with van der Waals surface area (Å²) in [5.41, 5.74) is 0.791. The van der Waals surface area contributed by atoms with E-state index in [1.807, 2.05) is 6.92 Å². The standard InChI is InChI=1S/C14H19N3O3/c1-10(11-4-2-6-13(8-11)17(19)20)16-14(18)12-5-3-7-15-9-12/h2,4,6,8,10,12,15H,3,5,7,9H2,1H3,(H,16,18)/t10?,12-/m0/s1. The van der Waals surface area contributed by atoms with Gasteiger partial charge in [-0.05, 0) is 31.9 Å². The van der Waals surface area contributed by atoms with Crippen LogP contribution in [0, 0.1) is 16.0 Å². The lowest BCUT2D eigenvalue weighted by Crippen LogP contribution is -2.41. The van der Waals surface area contributed by atoms with Gasteiger partial charge in [-0.2, -0.15) is 0 Å². The number of nitrogens with zero attached hydrogens (tertiary/aromatic N) is 1. The zero-order valence-corrected chi connectivity index (χ0v) is 11.5. The summed E-state index contributed by atoms with van der Waals surface area (Å²) in [5, 5.41) is 16.9. The van der Waals surface area contributed by atoms with Gasteiger partial charge in [0.25, 0.3) is 5.69 Å². The van der Waals surface area contributed by atoms with Crippen molar-refractivity contribution in [1.82, 2.24) is 10.6 Å². The molecular formula is C14H19N3O3. The van der Waals surface area contributed by atoms with Crippen LogP contribution in [0.4, 0.5) is 5.69 Å². The molecule has 2 N–H and O–H groups in total. The SMILES string of the molecule is CC(NC(=O)[C@H]1CCCNC1)c1cccc([N+](=O)[O-])c1. The average molecular weight is 277 g/mol. The zero-order chi connectivity index (χ0) is 14.5. The lowest BCUT2D eigenvalue weighted by Gasteiger charge is -2.24. The van der Waals surface area contributed by atoms with Crippen LogP contribution in [0.5, 0.6) is 0 Å². The van der Waals surface area contributed by atoms with Crippen molar-refractivity contribution in [2.75, 3.05) is 13.1 Å². The average Bonchev–Trinajstić information content (AvgIpc) is 2.48. The van der Waals surface area contributed by atoms with E-state index in [0.29, 0.717) is 6.54 Å². The Morgan fingerprint density at radius 3 is 3.00 bits per heavy atom. The van der Waals surface area contributed by atoms with E-state index >= 15 is 0 Å². The molecule has 20 heavy (non-hydrogen) atoms. The third-order valence-corrected chi connectivity index (χ3v) is 3.61. The van der Waals surface area contributed by atoms with Gasteiger partial charge in [-0.1, -0.05) is 12.1 Å². The molecule has 1 heterocycles. The van der Waals surface area contributed by atoms with Crippen LogP contribution in [0.2, 0.25) is 0 Å². The smallest absolute Gasteiger partial charge is 0.269 e. The highest BCUT2D eigenvalue weighted by atomic mass is 16.6. The van der Waals surface area contributed by atoms with Crippen LogP contribution in [0.1, 0.15) is 31.4 Å². The number of hydrogen-bond donors (Lipinski definition) is 2. The Hall–Kier alpha value is -1.95. The van der Waals surface area contributed by atoms with Crippen LogP contribution in [-0.2, 0) is 4.79 Å². The second kappa shape index (κ2) is 6.47. The molecule has 0 spiro atoms. The van der Waals surface area contributed by atoms with E-state index in [0.717, 1.165) is 24.9 Å². The molecule has 108 valence electrons. The van der Waals surface area contributed by atoms with Crippen molar-refractivity contribution in [2.24, 2.45) is 5.92 Å². The molecule has 0 saturated carbocycles. The zero-order valence-electron chi connectivity index (χ0n) is 11.5. The van der Waals surface area contributed by atoms with E-state index in [-0.39, 0.29) is 23.6 Å². The Balaban J connectivity index is 2.00. The number of hydrogen-bond acceptors (Lipinski definition) is 4. The minimum Gasteiger partial charge on any atom is -0.349 e. The summed E-state index contributed by atoms with van der Waals surface area (Å²) < 4.78 is 0. The van der Waals surface area contributed by atoms with Crippen LogP contribution in [0.3, 0.4) is 0 Å². The molecule has 2 atom stereocenters. The van der Waals surface area contributed by atoms with Gasteiger partial charge in [0.1, 0.15) is 0 Å². The highest BCUT2D eigenvalue weighted by molar-refractivity contribution is 5.79. The summed E-state index contributed by atoms with van der Waals surface area (Å²) in [4.78, 5) is 22.4. The highest BCUT2D eigenvalue weighted by Crippen LogP contribution is 2.20. The van der Waals surface area contributed by atoms with Crippen molar-refractivity contribution in [1.29, 1.82) is 0 Å². The summed E-state index contributed by atoms with van der Waals surface area (Å²) in [6.45, 7) is 3.50. The number of nitro groups is 1. The molecular weight excluding hydrogens is 258 g/mol. The number of rotatable bonds is 4. The van der Waals surface area contributed by atoms with Gasteiger partial charge in [-0.3, -0.25) is 14.9 Å². The van der Waals surface area contributed by atoms with Gasteiger partial charge in [0.15, 0.2) is 0 Å². The maximum Gasteiger partial charge on any atom is 0.269 e. The van der Waals surface area contributed by atoms with Crippen LogP contribution >= 0.6 is 0 Å². The first-order valence-corrected chi connectivity index (χ1v) is 6.83. The monoisotopic (exact) mass is 277 g/mol. The second-order valence-corrected chi connectivity index (χ2v) is 5.13. The van der Waals surface area contributed by atoms with Crippen LogP contribution < -0.4 is 10.6 Å². The highest BCUT2D eigenvalue weighted by Gasteiger charge is 2.22.